The fourth-order valence-electron chi connectivity index (χ4n) is 4.35. The third kappa shape index (κ3) is 6.02. The number of nitrogens with two attached hydrogens (primary N) is 1. The first kappa shape index (κ1) is 25.6. The fraction of sp³-hybridized carbons (Fsp3) is 0.214. The summed E-state index contributed by atoms with van der Waals surface area (Å²) in [5.41, 5.74) is 11.0. The largest absolute Gasteiger partial charge is 0.369 e. The maximum absolute atomic E-state index is 13.5. The summed E-state index contributed by atoms with van der Waals surface area (Å²) >= 11 is 0. The Bertz CT molecular complexity index is 1340. The predicted octanol–water partition coefficient (Wildman–Crippen LogP) is 3.37. The van der Waals surface area contributed by atoms with Gasteiger partial charge in [-0.15, -0.1) is 0 Å². The first-order chi connectivity index (χ1) is 17.7. The van der Waals surface area contributed by atoms with Gasteiger partial charge in [0.05, 0.1) is 5.92 Å². The monoisotopic (exact) mass is 500 g/mol. The van der Waals surface area contributed by atoms with Crippen LogP contribution in [0.2, 0.25) is 0 Å². The molecule has 1 unspecified atom stereocenters. The van der Waals surface area contributed by atoms with Gasteiger partial charge >= 0.3 is 0 Å². The molecule has 1 atom stereocenters. The average Bonchev–Trinajstić information content (AvgIpc) is 2.92. The molecule has 5 N–H and O–H groups in total. The highest BCUT2D eigenvalue weighted by molar-refractivity contribution is 6.06. The zero-order valence-electron chi connectivity index (χ0n) is 20.4. The number of anilines is 1. The van der Waals surface area contributed by atoms with Gasteiger partial charge in [-0.1, -0.05) is 29.8 Å². The second-order valence-electron chi connectivity index (χ2n) is 9.13. The van der Waals surface area contributed by atoms with Crippen molar-refractivity contribution in [2.75, 3.05) is 18.4 Å². The molecule has 3 aromatic rings. The molecule has 4 amide bonds. The van der Waals surface area contributed by atoms with Gasteiger partial charge in [-0.05, 0) is 73.4 Å². The Hall–Kier alpha value is -4.50. The number of hydroxylamine groups is 1. The fourth-order valence-corrected chi connectivity index (χ4v) is 4.35. The van der Waals surface area contributed by atoms with E-state index in [-0.39, 0.29) is 23.9 Å². The van der Waals surface area contributed by atoms with Crippen LogP contribution in [0, 0.1) is 12.8 Å². The lowest BCUT2D eigenvalue weighted by Gasteiger charge is -2.31. The van der Waals surface area contributed by atoms with Crippen LogP contribution in [0.5, 0.6) is 0 Å². The number of nitrogens with zero attached hydrogens (tertiary/aromatic N) is 1. The molecule has 9 nitrogen and oxygen atoms in total. The highest BCUT2D eigenvalue weighted by atomic mass is 16.5. The minimum atomic E-state index is -0.643. The number of primary amides is 1. The van der Waals surface area contributed by atoms with Gasteiger partial charge in [0.2, 0.25) is 5.91 Å². The van der Waals surface area contributed by atoms with Gasteiger partial charge in [-0.25, -0.2) is 5.48 Å². The van der Waals surface area contributed by atoms with E-state index in [4.69, 9.17) is 10.9 Å². The summed E-state index contributed by atoms with van der Waals surface area (Å²) in [5.74, 6) is -2.06. The number of rotatable bonds is 6. The summed E-state index contributed by atoms with van der Waals surface area (Å²) in [6.45, 7) is 2.68. The molecule has 4 rings (SSSR count). The number of nitrogens with one attached hydrogen (secondary N) is 2. The van der Waals surface area contributed by atoms with Crippen LogP contribution in [0.1, 0.15) is 49.5 Å². The smallest absolute Gasteiger partial charge is 0.274 e. The number of hydrogen-bond acceptors (Lipinski definition) is 5. The van der Waals surface area contributed by atoms with Gasteiger partial charge in [0, 0.05) is 35.5 Å². The molecule has 3 aromatic carbocycles. The third-order valence-corrected chi connectivity index (χ3v) is 6.44. The lowest BCUT2D eigenvalue weighted by Crippen LogP contribution is -2.44. The summed E-state index contributed by atoms with van der Waals surface area (Å²) < 4.78 is 0. The molecule has 1 saturated heterocycles. The zero-order valence-corrected chi connectivity index (χ0v) is 20.4. The van der Waals surface area contributed by atoms with Crippen molar-refractivity contribution in [1.29, 1.82) is 0 Å². The van der Waals surface area contributed by atoms with E-state index in [0.717, 1.165) is 5.56 Å². The average molecular weight is 501 g/mol. The Kier molecular flexibility index (Phi) is 7.64. The molecule has 1 heterocycles. The lowest BCUT2D eigenvalue weighted by molar-refractivity contribution is -0.123. The number of carbonyl (C=O) groups excluding carboxylic acids is 4. The summed E-state index contributed by atoms with van der Waals surface area (Å²) in [5, 5.41) is 11.7. The van der Waals surface area contributed by atoms with Crippen LogP contribution in [-0.4, -0.2) is 46.8 Å². The SMILES string of the molecule is Cc1ccc(C(=O)Nc2cc(C(=O)N3CCCC(C(N)=O)C3)cc(-c3ccc(C(=O)NO)cc3)c2)cc1. The summed E-state index contributed by atoms with van der Waals surface area (Å²) in [6.07, 6.45) is 1.31. The minimum Gasteiger partial charge on any atom is -0.369 e. The maximum Gasteiger partial charge on any atom is 0.274 e. The quantitative estimate of drug-likeness (QED) is 0.303. The van der Waals surface area contributed by atoms with E-state index in [9.17, 15) is 19.2 Å². The number of aryl methyl sites for hydroxylation is 1. The van der Waals surface area contributed by atoms with Crippen LogP contribution < -0.4 is 16.5 Å². The predicted molar refractivity (Wildman–Crippen MR) is 138 cm³/mol. The van der Waals surface area contributed by atoms with Gasteiger partial charge < -0.3 is 16.0 Å². The number of likely N-dealkylation sites (tertiary alicyclic amines) is 1. The van der Waals surface area contributed by atoms with E-state index in [2.05, 4.69) is 5.32 Å². The van der Waals surface area contributed by atoms with Crippen molar-refractivity contribution in [3.05, 3.63) is 89.0 Å². The Morgan fingerprint density at radius 1 is 0.865 bits per heavy atom. The van der Waals surface area contributed by atoms with Crippen molar-refractivity contribution < 1.29 is 24.4 Å². The molecular weight excluding hydrogens is 472 g/mol. The van der Waals surface area contributed by atoms with Crippen LogP contribution in [-0.2, 0) is 4.79 Å². The third-order valence-electron chi connectivity index (χ3n) is 6.44. The van der Waals surface area contributed by atoms with E-state index in [1.165, 1.54) is 0 Å². The van der Waals surface area contributed by atoms with Gasteiger partial charge in [-0.2, -0.15) is 0 Å². The van der Waals surface area contributed by atoms with Crippen LogP contribution >= 0.6 is 0 Å². The molecule has 190 valence electrons. The van der Waals surface area contributed by atoms with Gasteiger partial charge in [0.15, 0.2) is 0 Å². The molecule has 0 bridgehead atoms. The van der Waals surface area contributed by atoms with Gasteiger partial charge in [0.25, 0.3) is 17.7 Å². The number of amides is 4. The molecule has 0 aromatic heterocycles. The summed E-state index contributed by atoms with van der Waals surface area (Å²) in [4.78, 5) is 51.4. The minimum absolute atomic E-state index is 0.244. The topological polar surface area (TPSA) is 142 Å². The van der Waals surface area contributed by atoms with Crippen molar-refractivity contribution in [1.82, 2.24) is 10.4 Å². The Morgan fingerprint density at radius 3 is 2.16 bits per heavy atom. The molecule has 0 spiro atoms. The van der Waals surface area contributed by atoms with Crippen molar-refractivity contribution in [2.24, 2.45) is 11.7 Å². The molecule has 1 fully saturated rings. The van der Waals surface area contributed by atoms with Crippen LogP contribution in [0.15, 0.2) is 66.7 Å². The zero-order chi connectivity index (χ0) is 26.5. The van der Waals surface area contributed by atoms with Crippen LogP contribution in [0.3, 0.4) is 0 Å². The van der Waals surface area contributed by atoms with E-state index >= 15 is 0 Å². The number of benzene rings is 3. The normalized spacial score (nSPS) is 15.1. The molecule has 0 radical (unpaired) electrons. The standard InChI is InChI=1S/C28H28N4O5/c1-17-4-6-19(7-5-17)26(34)30-24-14-22(18-8-10-20(11-9-18)27(35)31-37)13-23(15-24)28(36)32-12-2-3-21(16-32)25(29)33/h4-11,13-15,21,37H,2-3,12,16H2,1H3,(H2,29,33)(H,30,34)(H,31,35). The van der Waals surface area contributed by atoms with E-state index in [1.807, 2.05) is 19.1 Å². The van der Waals surface area contributed by atoms with E-state index < -0.39 is 17.7 Å². The summed E-state index contributed by atoms with van der Waals surface area (Å²) in [6, 6.07) is 18.7. The highest BCUT2D eigenvalue weighted by Gasteiger charge is 2.28. The molecule has 0 saturated carbocycles. The van der Waals surface area contributed by atoms with E-state index in [1.54, 1.807) is 65.0 Å². The lowest BCUT2D eigenvalue weighted by atomic mass is 9.96. The van der Waals surface area contributed by atoms with Crippen molar-refractivity contribution >= 4 is 29.3 Å². The van der Waals surface area contributed by atoms with Crippen molar-refractivity contribution in [3.63, 3.8) is 0 Å². The van der Waals surface area contributed by atoms with E-state index in [0.29, 0.717) is 47.3 Å². The number of piperidine rings is 1. The highest BCUT2D eigenvalue weighted by Crippen LogP contribution is 2.28. The van der Waals surface area contributed by atoms with Crippen molar-refractivity contribution in [2.45, 2.75) is 19.8 Å². The molecule has 0 aliphatic carbocycles. The molecule has 37 heavy (non-hydrogen) atoms. The molecule has 1 aliphatic rings. The Morgan fingerprint density at radius 2 is 1.51 bits per heavy atom. The Labute approximate surface area is 214 Å². The number of hydrogen-bond donors (Lipinski definition) is 4. The molecule has 9 heteroatoms. The second kappa shape index (κ2) is 11.0. The van der Waals surface area contributed by atoms with Gasteiger partial charge in [-0.3, -0.25) is 24.4 Å². The maximum atomic E-state index is 13.5. The van der Waals surface area contributed by atoms with Gasteiger partial charge in [0.1, 0.15) is 0 Å². The second-order valence-corrected chi connectivity index (χ2v) is 9.13. The first-order valence-electron chi connectivity index (χ1n) is 11.9. The molecular formula is C28H28N4O5. The number of carbonyl (C=O) groups is 4. The van der Waals surface area contributed by atoms with Crippen LogP contribution in [0.4, 0.5) is 5.69 Å². The summed E-state index contributed by atoms with van der Waals surface area (Å²) in [7, 11) is 0. The van der Waals surface area contributed by atoms with Crippen molar-refractivity contribution in [3.8, 4) is 11.1 Å². The Balaban J connectivity index is 1.68. The molecule has 1 aliphatic heterocycles. The van der Waals surface area contributed by atoms with Crippen LogP contribution in [0.25, 0.3) is 11.1 Å². The first-order valence-corrected chi connectivity index (χ1v) is 11.9.